The topological polar surface area (TPSA) is 67.7 Å². The number of aliphatic hydroxyl groups is 1. The van der Waals surface area contributed by atoms with Gasteiger partial charge in [0.1, 0.15) is 18.5 Å². The summed E-state index contributed by atoms with van der Waals surface area (Å²) in [5.41, 5.74) is 1.79. The number of hydrogen-bond acceptors (Lipinski definition) is 6. The highest BCUT2D eigenvalue weighted by Gasteiger charge is 2.35. The molecule has 0 radical (unpaired) electrons. The lowest BCUT2D eigenvalue weighted by molar-refractivity contribution is -0.0736. The molecular formula is C23H25F2N3O3. The summed E-state index contributed by atoms with van der Waals surface area (Å²) in [5, 5.41) is 12.2. The second kappa shape index (κ2) is 9.11. The highest BCUT2D eigenvalue weighted by Crippen LogP contribution is 2.34. The molecule has 3 aromatic rings. The minimum absolute atomic E-state index is 0.0249. The predicted molar refractivity (Wildman–Crippen MR) is 114 cm³/mol. The number of β-amino-alcohol motifs (C(OH)–C–C–N with tert-alkyl or cyclic N) is 1. The van der Waals surface area contributed by atoms with Crippen molar-refractivity contribution in [3.63, 3.8) is 0 Å². The van der Waals surface area contributed by atoms with Crippen molar-refractivity contribution in [3.05, 3.63) is 48.8 Å². The molecule has 2 aromatic carbocycles. The van der Waals surface area contributed by atoms with E-state index in [-0.39, 0.29) is 26.1 Å². The van der Waals surface area contributed by atoms with Crippen LogP contribution in [0.25, 0.3) is 21.9 Å². The van der Waals surface area contributed by atoms with E-state index in [4.69, 9.17) is 9.47 Å². The van der Waals surface area contributed by atoms with Crippen LogP contribution < -0.4 is 9.47 Å². The van der Waals surface area contributed by atoms with Crippen LogP contribution >= 0.6 is 0 Å². The van der Waals surface area contributed by atoms with Crippen molar-refractivity contribution in [2.45, 2.75) is 24.9 Å². The average Bonchev–Trinajstić information content (AvgIpc) is 2.77. The third-order valence-corrected chi connectivity index (χ3v) is 5.38. The van der Waals surface area contributed by atoms with E-state index in [1.807, 2.05) is 36.4 Å². The van der Waals surface area contributed by atoms with Crippen LogP contribution in [0.15, 0.2) is 48.8 Å². The van der Waals surface area contributed by atoms with E-state index in [2.05, 4.69) is 9.97 Å². The van der Waals surface area contributed by atoms with Gasteiger partial charge in [0.2, 0.25) is 0 Å². The molecule has 0 bridgehead atoms. The van der Waals surface area contributed by atoms with Gasteiger partial charge in [0, 0.05) is 36.3 Å². The van der Waals surface area contributed by atoms with E-state index >= 15 is 0 Å². The fraction of sp³-hybridized carbons (Fsp3) is 0.391. The molecule has 1 fully saturated rings. The molecule has 31 heavy (non-hydrogen) atoms. The van der Waals surface area contributed by atoms with Crippen molar-refractivity contribution >= 4 is 10.8 Å². The number of hydrogen-bond donors (Lipinski definition) is 1. The van der Waals surface area contributed by atoms with Crippen LogP contribution in [0, 0.1) is 0 Å². The Morgan fingerprint density at radius 3 is 2.58 bits per heavy atom. The number of methoxy groups -OCH3 is 1. The zero-order chi connectivity index (χ0) is 21.8. The Morgan fingerprint density at radius 2 is 1.87 bits per heavy atom. The van der Waals surface area contributed by atoms with Crippen LogP contribution in [0.4, 0.5) is 8.78 Å². The number of ether oxygens (including phenoxy) is 2. The third kappa shape index (κ3) is 5.08. The smallest absolute Gasteiger partial charge is 0.316 e. The number of aliphatic hydroxyl groups excluding tert-OH is 1. The molecule has 8 heteroatoms. The minimum atomic E-state index is -2.68. The van der Waals surface area contributed by atoms with Crippen molar-refractivity contribution in [1.82, 2.24) is 14.9 Å². The average molecular weight is 429 g/mol. The molecule has 1 atom stereocenters. The molecule has 4 rings (SSSR count). The van der Waals surface area contributed by atoms with Gasteiger partial charge in [-0.15, -0.1) is 0 Å². The summed E-state index contributed by atoms with van der Waals surface area (Å²) >= 11 is 0. The Morgan fingerprint density at radius 1 is 1.13 bits per heavy atom. The first kappa shape index (κ1) is 21.4. The molecule has 6 nitrogen and oxygen atoms in total. The Bertz CT molecular complexity index is 1030. The molecule has 1 N–H and O–H groups in total. The minimum Gasteiger partial charge on any atom is -0.490 e. The highest BCUT2D eigenvalue weighted by atomic mass is 19.3. The maximum absolute atomic E-state index is 13.6. The summed E-state index contributed by atoms with van der Waals surface area (Å²) in [6, 6.07) is 11.8. The summed E-state index contributed by atoms with van der Waals surface area (Å²) < 4.78 is 38.1. The molecule has 1 saturated heterocycles. The fourth-order valence-corrected chi connectivity index (χ4v) is 3.95. The molecule has 0 spiro atoms. The normalized spacial score (nSPS) is 17.4. The van der Waals surface area contributed by atoms with Crippen LogP contribution in [-0.2, 0) is 0 Å². The number of fused-ring (bicyclic) bond motifs is 1. The number of aromatic nitrogens is 2. The molecule has 2 heterocycles. The van der Waals surface area contributed by atoms with Crippen molar-refractivity contribution in [2.24, 2.45) is 0 Å². The maximum atomic E-state index is 13.6. The van der Waals surface area contributed by atoms with Crippen LogP contribution in [-0.4, -0.2) is 65.4 Å². The number of rotatable bonds is 7. The van der Waals surface area contributed by atoms with Crippen LogP contribution in [0.5, 0.6) is 11.8 Å². The summed E-state index contributed by atoms with van der Waals surface area (Å²) in [6.07, 6.45) is 2.89. The Balaban J connectivity index is 1.48. The lowest BCUT2D eigenvalue weighted by Crippen LogP contribution is -2.46. The lowest BCUT2D eigenvalue weighted by Gasteiger charge is -2.33. The predicted octanol–water partition coefficient (Wildman–Crippen LogP) is 3.78. The van der Waals surface area contributed by atoms with E-state index in [9.17, 15) is 13.9 Å². The summed E-state index contributed by atoms with van der Waals surface area (Å²) in [7, 11) is 1.52. The zero-order valence-corrected chi connectivity index (χ0v) is 17.3. The molecule has 0 aliphatic carbocycles. The van der Waals surface area contributed by atoms with Crippen molar-refractivity contribution in [1.29, 1.82) is 0 Å². The van der Waals surface area contributed by atoms with Gasteiger partial charge in [-0.05, 0) is 36.0 Å². The largest absolute Gasteiger partial charge is 0.490 e. The van der Waals surface area contributed by atoms with Gasteiger partial charge in [0.05, 0.1) is 13.7 Å². The Hall–Kier alpha value is -2.84. The molecule has 164 valence electrons. The van der Waals surface area contributed by atoms with E-state index in [0.717, 1.165) is 21.9 Å². The number of nitrogens with zero attached hydrogens (tertiary/aromatic N) is 3. The molecule has 1 aliphatic heterocycles. The molecule has 1 aliphatic rings. The summed E-state index contributed by atoms with van der Waals surface area (Å²) in [4.78, 5) is 9.94. The summed E-state index contributed by atoms with van der Waals surface area (Å²) in [5.74, 6) is -2.06. The van der Waals surface area contributed by atoms with Crippen LogP contribution in [0.3, 0.4) is 0 Å². The van der Waals surface area contributed by atoms with Gasteiger partial charge in [-0.2, -0.15) is 0 Å². The monoisotopic (exact) mass is 429 g/mol. The Kier molecular flexibility index (Phi) is 6.29. The first-order valence-electron chi connectivity index (χ1n) is 10.2. The van der Waals surface area contributed by atoms with Crippen molar-refractivity contribution in [2.75, 3.05) is 33.4 Å². The van der Waals surface area contributed by atoms with Gasteiger partial charge in [-0.25, -0.2) is 18.7 Å². The number of likely N-dealkylation sites (tertiary alicyclic amines) is 1. The molecule has 0 amide bonds. The standard InChI is InChI=1S/C23H25F2N3O3/c1-30-22-26-11-16(12-27-22)18-7-8-21(20-6-3-2-5-19(18)20)31-14-17(29)13-28-10-4-9-23(24,25)15-28/h2-3,5-8,11-12,17,29H,4,9-10,13-15H2,1H3. The second-order valence-corrected chi connectivity index (χ2v) is 7.77. The lowest BCUT2D eigenvalue weighted by atomic mass is 9.99. The molecule has 0 saturated carbocycles. The molecular weight excluding hydrogens is 404 g/mol. The summed E-state index contributed by atoms with van der Waals surface area (Å²) in [6.45, 7) is 0.436. The van der Waals surface area contributed by atoms with Gasteiger partial charge >= 0.3 is 6.01 Å². The number of benzene rings is 2. The van der Waals surface area contributed by atoms with Crippen LogP contribution in [0.2, 0.25) is 0 Å². The fourth-order valence-electron chi connectivity index (χ4n) is 3.95. The quantitative estimate of drug-likeness (QED) is 0.617. The number of alkyl halides is 2. The van der Waals surface area contributed by atoms with Crippen LogP contribution in [0.1, 0.15) is 12.8 Å². The van der Waals surface area contributed by atoms with Gasteiger partial charge in [0.15, 0.2) is 0 Å². The van der Waals surface area contributed by atoms with Gasteiger partial charge < -0.3 is 14.6 Å². The Labute approximate surface area is 179 Å². The number of piperidine rings is 1. The zero-order valence-electron chi connectivity index (χ0n) is 17.3. The van der Waals surface area contributed by atoms with Gasteiger partial charge in [0.25, 0.3) is 5.92 Å². The van der Waals surface area contributed by atoms with E-state index < -0.39 is 12.0 Å². The number of halogens is 2. The first-order valence-corrected chi connectivity index (χ1v) is 10.2. The van der Waals surface area contributed by atoms with E-state index in [0.29, 0.717) is 24.7 Å². The van der Waals surface area contributed by atoms with Crippen molar-refractivity contribution in [3.8, 4) is 22.9 Å². The van der Waals surface area contributed by atoms with E-state index in [1.165, 1.54) is 7.11 Å². The SMILES string of the molecule is COc1ncc(-c2ccc(OCC(O)CN3CCCC(F)(F)C3)c3ccccc23)cn1. The van der Waals surface area contributed by atoms with Gasteiger partial charge in [-0.1, -0.05) is 24.3 Å². The third-order valence-electron chi connectivity index (χ3n) is 5.38. The first-order chi connectivity index (χ1) is 14.9. The van der Waals surface area contributed by atoms with E-state index in [1.54, 1.807) is 17.3 Å². The maximum Gasteiger partial charge on any atom is 0.316 e. The second-order valence-electron chi connectivity index (χ2n) is 7.77. The molecule has 1 unspecified atom stereocenters. The van der Waals surface area contributed by atoms with Crippen molar-refractivity contribution < 1.29 is 23.4 Å². The molecule has 1 aromatic heterocycles. The van der Waals surface area contributed by atoms with Gasteiger partial charge in [-0.3, -0.25) is 4.90 Å². The highest BCUT2D eigenvalue weighted by molar-refractivity contribution is 5.99.